The van der Waals surface area contributed by atoms with Crippen LogP contribution in [0.3, 0.4) is 0 Å². The van der Waals surface area contributed by atoms with Gasteiger partial charge in [0.15, 0.2) is 0 Å². The van der Waals surface area contributed by atoms with E-state index in [0.717, 1.165) is 12.0 Å². The van der Waals surface area contributed by atoms with E-state index >= 15 is 0 Å². The van der Waals surface area contributed by atoms with Crippen molar-refractivity contribution in [3.8, 4) is 0 Å². The number of amides is 2. The van der Waals surface area contributed by atoms with Gasteiger partial charge in [0.05, 0.1) is 0 Å². The second-order valence-corrected chi connectivity index (χ2v) is 4.10. The Balaban J connectivity index is -0.000000387. The summed E-state index contributed by atoms with van der Waals surface area (Å²) in [5.41, 5.74) is 11.5. The first kappa shape index (κ1) is 24.9. The standard InChI is InChI=1S/C10H12N2O2.C5H10.C2H6.CH4/c11-9(13)6-3-7-1-4-8(5-2-7)10(12)14;1-3-5-4-2;1-2;/h1-2,4-5H,3,6H2,(H2,11,13)(H2,12,14);3H,1,4-5H2,2H3;1-2H3;1H4. The van der Waals surface area contributed by atoms with Gasteiger partial charge in [-0.15, -0.1) is 6.58 Å². The molecule has 0 aliphatic carbocycles. The molecule has 0 aliphatic heterocycles. The zero-order valence-electron chi connectivity index (χ0n) is 13.4. The quantitative estimate of drug-likeness (QED) is 0.782. The lowest BCUT2D eigenvalue weighted by atomic mass is 10.1. The first-order valence-corrected chi connectivity index (χ1v) is 7.29. The van der Waals surface area contributed by atoms with Crippen LogP contribution in [0.15, 0.2) is 36.9 Å². The van der Waals surface area contributed by atoms with Crippen molar-refractivity contribution in [2.24, 2.45) is 11.5 Å². The molecule has 1 aromatic carbocycles. The molecule has 0 aliphatic rings. The Morgan fingerprint density at radius 1 is 1.14 bits per heavy atom. The first-order valence-electron chi connectivity index (χ1n) is 7.29. The second-order valence-electron chi connectivity index (χ2n) is 4.10. The highest BCUT2D eigenvalue weighted by atomic mass is 16.1. The van der Waals surface area contributed by atoms with Crippen molar-refractivity contribution < 1.29 is 9.59 Å². The van der Waals surface area contributed by atoms with Crippen LogP contribution in [-0.2, 0) is 11.2 Å². The topological polar surface area (TPSA) is 86.2 Å². The summed E-state index contributed by atoms with van der Waals surface area (Å²) in [6, 6.07) is 6.81. The van der Waals surface area contributed by atoms with Gasteiger partial charge in [-0.05, 0) is 30.5 Å². The summed E-state index contributed by atoms with van der Waals surface area (Å²) in [6.45, 7) is 9.69. The number of aryl methyl sites for hydroxylation is 1. The minimum absolute atomic E-state index is 0. The summed E-state index contributed by atoms with van der Waals surface area (Å²) >= 11 is 0. The van der Waals surface area contributed by atoms with Crippen LogP contribution in [0, 0.1) is 0 Å². The van der Waals surface area contributed by atoms with Crippen molar-refractivity contribution in [2.45, 2.75) is 53.9 Å². The van der Waals surface area contributed by atoms with Gasteiger partial charge in [-0.25, -0.2) is 0 Å². The molecule has 1 aromatic rings. The largest absolute Gasteiger partial charge is 0.370 e. The van der Waals surface area contributed by atoms with Gasteiger partial charge in [-0.1, -0.05) is 52.8 Å². The fourth-order valence-electron chi connectivity index (χ4n) is 1.31. The molecular formula is C18H32N2O2. The molecule has 126 valence electrons. The molecule has 4 nitrogen and oxygen atoms in total. The lowest BCUT2D eigenvalue weighted by Gasteiger charge is -1.99. The predicted octanol–water partition coefficient (Wildman–Crippen LogP) is 3.84. The molecule has 0 unspecified atom stereocenters. The fourth-order valence-corrected chi connectivity index (χ4v) is 1.31. The molecular weight excluding hydrogens is 276 g/mol. The molecule has 4 N–H and O–H groups in total. The normalized spacial score (nSPS) is 8.14. The third-order valence-electron chi connectivity index (χ3n) is 2.39. The number of benzene rings is 1. The number of nitrogens with two attached hydrogens (primary N) is 2. The number of rotatable bonds is 6. The Hall–Kier alpha value is -2.10. The highest BCUT2D eigenvalue weighted by molar-refractivity contribution is 5.92. The minimum Gasteiger partial charge on any atom is -0.370 e. The first-order chi connectivity index (χ1) is 10.0. The maximum absolute atomic E-state index is 10.7. The van der Waals surface area contributed by atoms with Crippen LogP contribution in [0.4, 0.5) is 0 Å². The summed E-state index contributed by atoms with van der Waals surface area (Å²) in [4.78, 5) is 21.2. The molecule has 0 atom stereocenters. The van der Waals surface area contributed by atoms with Gasteiger partial charge in [0.1, 0.15) is 0 Å². The van der Waals surface area contributed by atoms with Crippen molar-refractivity contribution in [1.82, 2.24) is 0 Å². The zero-order valence-corrected chi connectivity index (χ0v) is 13.4. The van der Waals surface area contributed by atoms with Gasteiger partial charge in [-0.3, -0.25) is 9.59 Å². The molecule has 0 saturated heterocycles. The summed E-state index contributed by atoms with van der Waals surface area (Å²) in [7, 11) is 0. The van der Waals surface area contributed by atoms with Crippen LogP contribution < -0.4 is 11.5 Å². The van der Waals surface area contributed by atoms with Gasteiger partial charge < -0.3 is 11.5 Å². The Morgan fingerprint density at radius 3 is 1.91 bits per heavy atom. The third-order valence-corrected chi connectivity index (χ3v) is 2.39. The number of unbranched alkanes of at least 4 members (excludes halogenated alkanes) is 1. The molecule has 4 heteroatoms. The number of hydrogen-bond acceptors (Lipinski definition) is 2. The van der Waals surface area contributed by atoms with Crippen molar-refractivity contribution in [1.29, 1.82) is 0 Å². The highest BCUT2D eigenvalue weighted by Gasteiger charge is 2.00. The smallest absolute Gasteiger partial charge is 0.248 e. The molecule has 2 amide bonds. The van der Waals surface area contributed by atoms with Gasteiger partial charge in [0.25, 0.3) is 0 Å². The lowest BCUT2D eigenvalue weighted by molar-refractivity contribution is -0.117. The number of allylic oxidation sites excluding steroid dienone is 1. The van der Waals surface area contributed by atoms with Gasteiger partial charge in [0, 0.05) is 12.0 Å². The Morgan fingerprint density at radius 2 is 1.64 bits per heavy atom. The van der Waals surface area contributed by atoms with Gasteiger partial charge in [-0.2, -0.15) is 0 Å². The van der Waals surface area contributed by atoms with Crippen LogP contribution in [0.25, 0.3) is 0 Å². The molecule has 0 bridgehead atoms. The van der Waals surface area contributed by atoms with E-state index in [4.69, 9.17) is 11.5 Å². The molecule has 22 heavy (non-hydrogen) atoms. The zero-order chi connectivity index (χ0) is 16.7. The molecule has 0 aromatic heterocycles. The van der Waals surface area contributed by atoms with E-state index in [-0.39, 0.29) is 13.3 Å². The van der Waals surface area contributed by atoms with E-state index in [0.29, 0.717) is 18.4 Å². The minimum atomic E-state index is -0.452. The van der Waals surface area contributed by atoms with Crippen LogP contribution in [0.5, 0.6) is 0 Å². The predicted molar refractivity (Wildman–Crippen MR) is 95.7 cm³/mol. The van der Waals surface area contributed by atoms with Gasteiger partial charge >= 0.3 is 0 Å². The summed E-state index contributed by atoms with van der Waals surface area (Å²) in [5.74, 6) is -0.782. The molecule has 0 heterocycles. The van der Waals surface area contributed by atoms with Gasteiger partial charge in [0.2, 0.25) is 11.8 Å². The monoisotopic (exact) mass is 308 g/mol. The summed E-state index contributed by atoms with van der Waals surface area (Å²) < 4.78 is 0. The van der Waals surface area contributed by atoms with Crippen LogP contribution in [0.2, 0.25) is 0 Å². The van der Waals surface area contributed by atoms with Crippen molar-refractivity contribution in [3.63, 3.8) is 0 Å². The molecule has 0 fully saturated rings. The van der Waals surface area contributed by atoms with Crippen LogP contribution in [0.1, 0.15) is 63.4 Å². The van der Waals surface area contributed by atoms with E-state index in [2.05, 4.69) is 13.5 Å². The Labute approximate surface area is 135 Å². The van der Waals surface area contributed by atoms with E-state index < -0.39 is 5.91 Å². The average Bonchev–Trinajstić information content (AvgIpc) is 2.49. The molecule has 0 spiro atoms. The van der Waals surface area contributed by atoms with Crippen molar-refractivity contribution in [2.75, 3.05) is 0 Å². The number of carbonyl (C=O) groups excluding carboxylic acids is 2. The maximum atomic E-state index is 10.7. The molecule has 1 rings (SSSR count). The number of hydrogen-bond donors (Lipinski definition) is 2. The maximum Gasteiger partial charge on any atom is 0.248 e. The third kappa shape index (κ3) is 14.3. The summed E-state index contributed by atoms with van der Waals surface area (Å²) in [5, 5.41) is 0. The van der Waals surface area contributed by atoms with Crippen LogP contribution >= 0.6 is 0 Å². The van der Waals surface area contributed by atoms with E-state index in [1.54, 1.807) is 24.3 Å². The Bertz CT molecular complexity index is 412. The number of carbonyl (C=O) groups is 2. The average molecular weight is 308 g/mol. The summed E-state index contributed by atoms with van der Waals surface area (Å²) in [6.07, 6.45) is 5.22. The lowest BCUT2D eigenvalue weighted by Crippen LogP contribution is -2.12. The van der Waals surface area contributed by atoms with Crippen molar-refractivity contribution >= 4 is 11.8 Å². The second kappa shape index (κ2) is 17.0. The SMILES string of the molecule is C.C=CCCC.CC.NC(=O)CCc1ccc(C(N)=O)cc1. The number of primary amides is 2. The molecule has 0 saturated carbocycles. The van der Waals surface area contributed by atoms with Crippen LogP contribution in [-0.4, -0.2) is 11.8 Å². The molecule has 0 radical (unpaired) electrons. The Kier molecular flexibility index (Phi) is 19.2. The van der Waals surface area contributed by atoms with Crippen molar-refractivity contribution in [3.05, 3.63) is 48.0 Å². The van der Waals surface area contributed by atoms with E-state index in [9.17, 15) is 9.59 Å². The van der Waals surface area contributed by atoms with E-state index in [1.807, 2.05) is 19.9 Å². The van der Waals surface area contributed by atoms with E-state index in [1.165, 1.54) is 6.42 Å². The fraction of sp³-hybridized carbons (Fsp3) is 0.444. The highest BCUT2D eigenvalue weighted by Crippen LogP contribution is 2.05.